The summed E-state index contributed by atoms with van der Waals surface area (Å²) in [6, 6.07) is 7.29. The first-order valence-electron chi connectivity index (χ1n) is 3.95. The maximum Gasteiger partial charge on any atom is 0.407 e. The van der Waals surface area contributed by atoms with Gasteiger partial charge in [-0.15, -0.1) is 12.4 Å². The van der Waals surface area contributed by atoms with Gasteiger partial charge in [-0.1, -0.05) is 29.8 Å². The third-order valence-corrected chi connectivity index (χ3v) is 2.30. The van der Waals surface area contributed by atoms with Gasteiger partial charge in [-0.2, -0.15) is 0 Å². The van der Waals surface area contributed by atoms with Crippen molar-refractivity contribution in [3.8, 4) is 0 Å². The average molecular weight is 234 g/mol. The Morgan fingerprint density at radius 2 is 2.14 bits per heavy atom. The van der Waals surface area contributed by atoms with E-state index < -0.39 is 0 Å². The predicted molar refractivity (Wildman–Crippen MR) is 55.9 cm³/mol. The normalized spacial score (nSPS) is 19.5. The highest BCUT2D eigenvalue weighted by atomic mass is 35.5. The molecule has 3 nitrogen and oxygen atoms in total. The molecule has 1 amide bonds. The van der Waals surface area contributed by atoms with Crippen LogP contribution in [-0.2, 0) is 4.74 Å². The molecule has 0 aromatic heterocycles. The van der Waals surface area contributed by atoms with Gasteiger partial charge in [0, 0.05) is 5.02 Å². The Bertz CT molecular complexity index is 343. The van der Waals surface area contributed by atoms with E-state index in [9.17, 15) is 4.79 Å². The van der Waals surface area contributed by atoms with E-state index in [-0.39, 0.29) is 24.5 Å². The summed E-state index contributed by atoms with van der Waals surface area (Å²) in [7, 11) is 0. The Kier molecular flexibility index (Phi) is 3.61. The molecule has 1 aliphatic heterocycles. The van der Waals surface area contributed by atoms with Crippen molar-refractivity contribution < 1.29 is 9.53 Å². The summed E-state index contributed by atoms with van der Waals surface area (Å²) in [5.41, 5.74) is 0.898. The number of nitrogens with one attached hydrogen (secondary N) is 1. The van der Waals surface area contributed by atoms with Crippen molar-refractivity contribution in [3.63, 3.8) is 0 Å². The minimum Gasteiger partial charge on any atom is -0.447 e. The van der Waals surface area contributed by atoms with Crippen molar-refractivity contribution in [1.29, 1.82) is 0 Å². The van der Waals surface area contributed by atoms with E-state index in [0.717, 1.165) is 5.56 Å². The minimum absolute atomic E-state index is 0. The van der Waals surface area contributed by atoms with Crippen molar-refractivity contribution in [2.45, 2.75) is 6.04 Å². The van der Waals surface area contributed by atoms with Crippen LogP contribution in [0.15, 0.2) is 24.3 Å². The van der Waals surface area contributed by atoms with Crippen LogP contribution < -0.4 is 5.32 Å². The Morgan fingerprint density at radius 3 is 2.71 bits per heavy atom. The molecule has 0 aliphatic carbocycles. The summed E-state index contributed by atoms with van der Waals surface area (Å²) in [5, 5.41) is 3.32. The fraction of sp³-hybridized carbons (Fsp3) is 0.222. The van der Waals surface area contributed by atoms with E-state index in [4.69, 9.17) is 16.3 Å². The van der Waals surface area contributed by atoms with Gasteiger partial charge in [0.05, 0.1) is 6.04 Å². The van der Waals surface area contributed by atoms with E-state index >= 15 is 0 Å². The van der Waals surface area contributed by atoms with Gasteiger partial charge in [0.25, 0.3) is 0 Å². The zero-order valence-corrected chi connectivity index (χ0v) is 8.77. The second-order valence-electron chi connectivity index (χ2n) is 2.82. The number of carbonyl (C=O) groups is 1. The number of cyclic esters (lactones) is 1. The first-order valence-corrected chi connectivity index (χ1v) is 4.33. The molecule has 2 rings (SSSR count). The van der Waals surface area contributed by atoms with Crippen LogP contribution in [0.1, 0.15) is 11.6 Å². The smallest absolute Gasteiger partial charge is 0.407 e. The number of halogens is 2. The molecule has 1 N–H and O–H groups in total. The maximum atomic E-state index is 10.8. The van der Waals surface area contributed by atoms with E-state index in [0.29, 0.717) is 11.6 Å². The van der Waals surface area contributed by atoms with Crippen LogP contribution in [-0.4, -0.2) is 12.7 Å². The number of benzene rings is 1. The van der Waals surface area contributed by atoms with Crippen LogP contribution in [0.3, 0.4) is 0 Å². The third kappa shape index (κ3) is 2.11. The molecule has 0 spiro atoms. The van der Waals surface area contributed by atoms with Gasteiger partial charge < -0.3 is 10.1 Å². The van der Waals surface area contributed by atoms with Crippen LogP contribution in [0.4, 0.5) is 4.79 Å². The lowest BCUT2D eigenvalue weighted by molar-refractivity contribution is 0.177. The van der Waals surface area contributed by atoms with Crippen molar-refractivity contribution >= 4 is 30.1 Å². The average Bonchev–Trinajstić information content (AvgIpc) is 2.53. The van der Waals surface area contributed by atoms with Gasteiger partial charge in [-0.05, 0) is 11.6 Å². The number of hydrogen-bond acceptors (Lipinski definition) is 2. The monoisotopic (exact) mass is 233 g/mol. The highest BCUT2D eigenvalue weighted by Crippen LogP contribution is 2.25. The first kappa shape index (κ1) is 11.1. The van der Waals surface area contributed by atoms with Gasteiger partial charge in [-0.25, -0.2) is 4.79 Å². The molecular formula is C9H9Cl2NO2. The molecule has 1 heterocycles. The fourth-order valence-electron chi connectivity index (χ4n) is 1.31. The summed E-state index contributed by atoms with van der Waals surface area (Å²) in [4.78, 5) is 10.8. The van der Waals surface area contributed by atoms with Crippen LogP contribution in [0, 0.1) is 0 Å². The molecule has 1 aromatic carbocycles. The summed E-state index contributed by atoms with van der Waals surface area (Å²) >= 11 is 5.95. The third-order valence-electron chi connectivity index (χ3n) is 1.95. The molecule has 0 saturated carbocycles. The second kappa shape index (κ2) is 4.53. The number of amides is 1. The quantitative estimate of drug-likeness (QED) is 0.810. The highest BCUT2D eigenvalue weighted by molar-refractivity contribution is 6.31. The SMILES string of the molecule is Cl.O=C1N[C@@H](c2ccccc2Cl)CO1. The van der Waals surface area contributed by atoms with Gasteiger partial charge in [0.15, 0.2) is 0 Å². The molecule has 76 valence electrons. The molecule has 1 aliphatic rings. The van der Waals surface area contributed by atoms with E-state index in [1.807, 2.05) is 18.2 Å². The topological polar surface area (TPSA) is 38.3 Å². The molecule has 0 bridgehead atoms. The maximum absolute atomic E-state index is 10.8. The summed E-state index contributed by atoms with van der Waals surface area (Å²) in [5.74, 6) is 0. The van der Waals surface area contributed by atoms with Crippen molar-refractivity contribution in [3.05, 3.63) is 34.9 Å². The highest BCUT2D eigenvalue weighted by Gasteiger charge is 2.24. The summed E-state index contributed by atoms with van der Waals surface area (Å²) in [6.45, 7) is 0.350. The van der Waals surface area contributed by atoms with Crippen LogP contribution in [0.2, 0.25) is 5.02 Å². The Morgan fingerprint density at radius 1 is 1.43 bits per heavy atom. The van der Waals surface area contributed by atoms with Gasteiger partial charge >= 0.3 is 6.09 Å². The summed E-state index contributed by atoms with van der Waals surface area (Å²) < 4.78 is 4.77. The molecule has 5 heteroatoms. The molecule has 1 fully saturated rings. The number of rotatable bonds is 1. The zero-order valence-electron chi connectivity index (χ0n) is 7.20. The Balaban J connectivity index is 0.000000980. The predicted octanol–water partition coefficient (Wildman–Crippen LogP) is 2.54. The number of alkyl carbamates (subject to hydrolysis) is 1. The molecule has 0 radical (unpaired) electrons. The lowest BCUT2D eigenvalue weighted by Gasteiger charge is -2.08. The Labute approximate surface area is 92.8 Å². The molecule has 0 unspecified atom stereocenters. The van der Waals surface area contributed by atoms with E-state index in [1.54, 1.807) is 6.07 Å². The van der Waals surface area contributed by atoms with Crippen molar-refractivity contribution in [2.24, 2.45) is 0 Å². The van der Waals surface area contributed by atoms with Crippen LogP contribution in [0.25, 0.3) is 0 Å². The van der Waals surface area contributed by atoms with Gasteiger partial charge in [-0.3, -0.25) is 0 Å². The lowest BCUT2D eigenvalue weighted by atomic mass is 10.1. The van der Waals surface area contributed by atoms with Crippen molar-refractivity contribution in [1.82, 2.24) is 5.32 Å². The minimum atomic E-state index is -0.384. The van der Waals surface area contributed by atoms with E-state index in [2.05, 4.69) is 5.32 Å². The first-order chi connectivity index (χ1) is 6.27. The molecule has 1 saturated heterocycles. The van der Waals surface area contributed by atoms with Gasteiger partial charge in [0.1, 0.15) is 6.61 Å². The van der Waals surface area contributed by atoms with Crippen LogP contribution >= 0.6 is 24.0 Å². The Hall–Kier alpha value is -0.930. The molecule has 1 aromatic rings. The van der Waals surface area contributed by atoms with Crippen molar-refractivity contribution in [2.75, 3.05) is 6.61 Å². The number of ether oxygens (including phenoxy) is 1. The standard InChI is InChI=1S/C9H8ClNO2.ClH/c10-7-4-2-1-3-6(7)8-5-13-9(12)11-8;/h1-4,8H,5H2,(H,11,12);1H/t8-;/m1./s1. The lowest BCUT2D eigenvalue weighted by Crippen LogP contribution is -2.18. The summed E-state index contributed by atoms with van der Waals surface area (Å²) in [6.07, 6.45) is -0.384. The largest absolute Gasteiger partial charge is 0.447 e. The molecule has 1 atom stereocenters. The van der Waals surface area contributed by atoms with Gasteiger partial charge in [0.2, 0.25) is 0 Å². The fourth-order valence-corrected chi connectivity index (χ4v) is 1.58. The van der Waals surface area contributed by atoms with E-state index in [1.165, 1.54) is 0 Å². The second-order valence-corrected chi connectivity index (χ2v) is 3.22. The number of carbonyl (C=O) groups excluding carboxylic acids is 1. The zero-order chi connectivity index (χ0) is 9.26. The molecule has 14 heavy (non-hydrogen) atoms. The van der Waals surface area contributed by atoms with Crippen LogP contribution in [0.5, 0.6) is 0 Å². The number of hydrogen-bond donors (Lipinski definition) is 1. The molecular weight excluding hydrogens is 225 g/mol.